The second-order valence-electron chi connectivity index (χ2n) is 10.2. The molecule has 4 N–H and O–H groups in total. The Bertz CT molecular complexity index is 698. The zero-order valence-electron chi connectivity index (χ0n) is 19.2. The number of likely N-dealkylation sites (N-methyl/N-ethyl adjacent to an activating group) is 1. The van der Waals surface area contributed by atoms with Crippen molar-refractivity contribution in [1.29, 1.82) is 5.26 Å². The second-order valence-corrected chi connectivity index (χ2v) is 11.3. The average molecular weight is 512 g/mol. The van der Waals surface area contributed by atoms with Crippen molar-refractivity contribution in [2.75, 3.05) is 13.6 Å². The Morgan fingerprint density at radius 3 is 2.59 bits per heavy atom. The molecule has 2 saturated heterocycles. The minimum Gasteiger partial charge on any atom is -0.393 e. The van der Waals surface area contributed by atoms with Crippen LogP contribution in [0.3, 0.4) is 0 Å². The number of piperidine rings is 1. The fourth-order valence-electron chi connectivity index (χ4n) is 5.95. The average Bonchev–Trinajstić information content (AvgIpc) is 3.41. The predicted octanol–water partition coefficient (Wildman–Crippen LogP) is 1.23. The Labute approximate surface area is 199 Å². The van der Waals surface area contributed by atoms with Gasteiger partial charge in [0.2, 0.25) is 5.91 Å². The molecule has 2 heterocycles. The molecule has 0 aromatic carbocycles. The Hall–Kier alpha value is -0.760. The number of fused-ring (bicyclic) bond motifs is 1. The van der Waals surface area contributed by atoms with E-state index in [0.717, 1.165) is 51.5 Å². The van der Waals surface area contributed by atoms with E-state index in [0.29, 0.717) is 24.4 Å². The highest BCUT2D eigenvalue weighted by Crippen LogP contribution is 2.36. The van der Waals surface area contributed by atoms with Crippen LogP contribution in [0.15, 0.2) is 0 Å². The number of hydrogen-bond acceptors (Lipinski definition) is 7. The number of nitrogens with one attached hydrogen (secondary N) is 3. The number of aliphatic hydroxyl groups excluding tert-OH is 1. The van der Waals surface area contributed by atoms with Crippen LogP contribution in [0.4, 0.5) is 0 Å². The van der Waals surface area contributed by atoms with Crippen LogP contribution in [0, 0.1) is 17.2 Å². The van der Waals surface area contributed by atoms with Crippen molar-refractivity contribution in [3.8, 4) is 6.07 Å². The zero-order chi connectivity index (χ0) is 22.8. The Morgan fingerprint density at radius 2 is 1.94 bits per heavy atom. The summed E-state index contributed by atoms with van der Waals surface area (Å²) in [6.07, 6.45) is 7.18. The first-order valence-electron chi connectivity index (χ1n) is 12.2. The summed E-state index contributed by atoms with van der Waals surface area (Å²) in [5, 5.41) is 29.4. The summed E-state index contributed by atoms with van der Waals surface area (Å²) in [5.74, 6) is 0.436. The normalized spacial score (nSPS) is 42.9. The molecule has 0 bridgehead atoms. The van der Waals surface area contributed by atoms with E-state index >= 15 is 0 Å². The number of carbonyl (C=O) groups excluding carboxylic acids is 1. The van der Waals surface area contributed by atoms with Crippen LogP contribution in [0.25, 0.3) is 0 Å². The molecule has 0 aromatic heterocycles. The summed E-state index contributed by atoms with van der Waals surface area (Å²) in [5.41, 5.74) is 0. The first kappa shape index (κ1) is 24.4. The fourth-order valence-corrected chi connectivity index (χ4v) is 6.85. The second kappa shape index (κ2) is 10.7. The molecular formula is C23H38BrN5O3. The SMILES string of the molecule is C[C@H](C(=O)N[C@@H]1CC[C@H](O)C1)N(C)C1CCC(NC2NCC3OC(C#N)CC3C2Br)CC1. The molecule has 180 valence electrons. The van der Waals surface area contributed by atoms with Crippen LogP contribution in [0.1, 0.15) is 58.3 Å². The minimum atomic E-state index is -0.283. The molecule has 1 amide bonds. The van der Waals surface area contributed by atoms with E-state index in [1.807, 2.05) is 6.92 Å². The maximum Gasteiger partial charge on any atom is 0.237 e. The smallest absolute Gasteiger partial charge is 0.237 e. The molecule has 9 heteroatoms. The molecule has 4 aliphatic rings. The number of halogens is 1. The summed E-state index contributed by atoms with van der Waals surface area (Å²) < 4.78 is 5.82. The third-order valence-corrected chi connectivity index (χ3v) is 9.35. The van der Waals surface area contributed by atoms with Crippen molar-refractivity contribution >= 4 is 21.8 Å². The van der Waals surface area contributed by atoms with Gasteiger partial charge in [-0.2, -0.15) is 5.26 Å². The maximum absolute atomic E-state index is 12.7. The van der Waals surface area contributed by atoms with E-state index in [4.69, 9.17) is 4.74 Å². The number of amides is 1. The van der Waals surface area contributed by atoms with E-state index < -0.39 is 0 Å². The molecule has 5 unspecified atom stereocenters. The number of aliphatic hydroxyl groups is 1. The van der Waals surface area contributed by atoms with Gasteiger partial charge >= 0.3 is 0 Å². The lowest BCUT2D eigenvalue weighted by molar-refractivity contribution is -0.127. The predicted molar refractivity (Wildman–Crippen MR) is 125 cm³/mol. The number of ether oxygens (including phenoxy) is 1. The zero-order valence-corrected chi connectivity index (χ0v) is 20.8. The number of rotatable bonds is 6. The first-order valence-corrected chi connectivity index (χ1v) is 13.2. The molecule has 4 rings (SSSR count). The van der Waals surface area contributed by atoms with Gasteiger partial charge in [0.15, 0.2) is 0 Å². The van der Waals surface area contributed by atoms with Crippen LogP contribution in [0.2, 0.25) is 0 Å². The van der Waals surface area contributed by atoms with Crippen molar-refractivity contribution < 1.29 is 14.6 Å². The van der Waals surface area contributed by atoms with Crippen LogP contribution >= 0.6 is 15.9 Å². The Kier molecular flexibility index (Phi) is 8.12. The van der Waals surface area contributed by atoms with E-state index in [1.54, 1.807) is 0 Å². The van der Waals surface area contributed by atoms with Gasteiger partial charge in [0.05, 0.1) is 30.5 Å². The third-order valence-electron chi connectivity index (χ3n) is 8.14. The lowest BCUT2D eigenvalue weighted by Crippen LogP contribution is -2.61. The molecule has 32 heavy (non-hydrogen) atoms. The monoisotopic (exact) mass is 511 g/mol. The van der Waals surface area contributed by atoms with Gasteiger partial charge in [-0.05, 0) is 65.3 Å². The number of hydrogen-bond donors (Lipinski definition) is 4. The highest BCUT2D eigenvalue weighted by Gasteiger charge is 2.45. The molecule has 0 spiro atoms. The molecular weight excluding hydrogens is 474 g/mol. The number of alkyl halides is 1. The topological polar surface area (TPSA) is 110 Å². The van der Waals surface area contributed by atoms with Gasteiger partial charge in [-0.15, -0.1) is 0 Å². The highest BCUT2D eigenvalue weighted by molar-refractivity contribution is 9.09. The summed E-state index contributed by atoms with van der Waals surface area (Å²) >= 11 is 3.87. The molecule has 4 fully saturated rings. The molecule has 2 aliphatic heterocycles. The van der Waals surface area contributed by atoms with E-state index in [1.165, 1.54) is 0 Å². The largest absolute Gasteiger partial charge is 0.393 e. The molecule has 2 saturated carbocycles. The summed E-state index contributed by atoms with van der Waals surface area (Å²) in [6.45, 7) is 2.77. The lowest BCUT2D eigenvalue weighted by atomic mass is 9.87. The van der Waals surface area contributed by atoms with E-state index in [-0.39, 0.29) is 47.3 Å². The van der Waals surface area contributed by atoms with Crippen molar-refractivity contribution in [2.24, 2.45) is 5.92 Å². The van der Waals surface area contributed by atoms with Crippen molar-refractivity contribution in [3.63, 3.8) is 0 Å². The summed E-state index contributed by atoms with van der Waals surface area (Å²) in [4.78, 5) is 15.2. The van der Waals surface area contributed by atoms with Crippen LogP contribution in [-0.4, -0.2) is 83.0 Å². The van der Waals surface area contributed by atoms with Gasteiger partial charge in [0, 0.05) is 35.4 Å². The van der Waals surface area contributed by atoms with Crippen molar-refractivity contribution in [2.45, 2.75) is 112 Å². The van der Waals surface area contributed by atoms with Crippen LogP contribution in [-0.2, 0) is 9.53 Å². The summed E-state index contributed by atoms with van der Waals surface area (Å²) in [6, 6.07) is 3.06. The van der Waals surface area contributed by atoms with Gasteiger partial charge in [-0.3, -0.25) is 20.3 Å². The van der Waals surface area contributed by atoms with Crippen LogP contribution < -0.4 is 16.0 Å². The van der Waals surface area contributed by atoms with Crippen LogP contribution in [0.5, 0.6) is 0 Å². The van der Waals surface area contributed by atoms with Gasteiger partial charge in [-0.25, -0.2) is 0 Å². The third kappa shape index (κ3) is 5.48. The maximum atomic E-state index is 12.7. The van der Waals surface area contributed by atoms with Crippen molar-refractivity contribution in [1.82, 2.24) is 20.9 Å². The van der Waals surface area contributed by atoms with E-state index in [2.05, 4.69) is 49.9 Å². The first-order chi connectivity index (χ1) is 15.4. The molecule has 0 radical (unpaired) electrons. The highest BCUT2D eigenvalue weighted by atomic mass is 79.9. The minimum absolute atomic E-state index is 0.0735. The lowest BCUT2D eigenvalue weighted by Gasteiger charge is -2.42. The van der Waals surface area contributed by atoms with Crippen molar-refractivity contribution in [3.05, 3.63) is 0 Å². The molecule has 0 aromatic rings. The van der Waals surface area contributed by atoms with Gasteiger partial charge in [-0.1, -0.05) is 15.9 Å². The number of nitriles is 1. The standard InChI is InChI=1S/C23H38BrN5O3/c1-13(23(31)28-15-5-8-17(30)9-15)29(2)16-6-3-14(4-7-16)27-22-21(24)19-10-18(11-25)32-20(19)12-26-22/h13-22,26-27,30H,3-10,12H2,1-2H3,(H,28,31)/t13-,14?,15-,16?,17+,18?,19?,20?,21?,22?/m1/s1. The summed E-state index contributed by atoms with van der Waals surface area (Å²) in [7, 11) is 2.06. The number of nitrogens with zero attached hydrogens (tertiary/aromatic N) is 2. The van der Waals surface area contributed by atoms with Gasteiger partial charge in [0.1, 0.15) is 6.10 Å². The molecule has 8 atom stereocenters. The van der Waals surface area contributed by atoms with E-state index in [9.17, 15) is 15.2 Å². The van der Waals surface area contributed by atoms with Gasteiger partial charge < -0.3 is 15.2 Å². The number of carbonyl (C=O) groups is 1. The Morgan fingerprint density at radius 1 is 1.22 bits per heavy atom. The molecule has 8 nitrogen and oxygen atoms in total. The quantitative estimate of drug-likeness (QED) is 0.397. The Balaban J connectivity index is 1.21. The fraction of sp³-hybridized carbons (Fsp3) is 0.913. The molecule has 2 aliphatic carbocycles. The van der Waals surface area contributed by atoms with Gasteiger partial charge in [0.25, 0.3) is 0 Å².